The van der Waals surface area contributed by atoms with Gasteiger partial charge in [-0.25, -0.2) is 0 Å². The Morgan fingerprint density at radius 3 is 2.81 bits per heavy atom. The zero-order chi connectivity index (χ0) is 14.7. The summed E-state index contributed by atoms with van der Waals surface area (Å²) in [7, 11) is 0. The molecule has 0 aromatic heterocycles. The molecule has 0 saturated carbocycles. The van der Waals surface area contributed by atoms with Crippen molar-refractivity contribution in [2.45, 2.75) is 51.8 Å². The first-order valence-electron chi connectivity index (χ1n) is 7.71. The summed E-state index contributed by atoms with van der Waals surface area (Å²) in [5, 5.41) is 3.44. The van der Waals surface area contributed by atoms with Crippen molar-refractivity contribution in [1.29, 1.82) is 0 Å². The van der Waals surface area contributed by atoms with E-state index >= 15 is 0 Å². The minimum absolute atomic E-state index is 0.164. The van der Waals surface area contributed by atoms with Crippen LogP contribution in [-0.4, -0.2) is 18.9 Å². The zero-order valence-corrected chi connectivity index (χ0v) is 12.7. The van der Waals surface area contributed by atoms with Gasteiger partial charge in [0.2, 0.25) is 6.79 Å². The van der Waals surface area contributed by atoms with Gasteiger partial charge in [-0.05, 0) is 31.4 Å². The molecular weight excluding hydrogens is 266 g/mol. The number of rotatable bonds is 5. The maximum Gasteiger partial charge on any atom is 0.231 e. The highest BCUT2D eigenvalue weighted by Crippen LogP contribution is 2.39. The smallest absolute Gasteiger partial charge is 0.231 e. The Morgan fingerprint density at radius 1 is 1.29 bits per heavy atom. The van der Waals surface area contributed by atoms with Gasteiger partial charge in [-0.3, -0.25) is 0 Å². The molecule has 4 heteroatoms. The molecule has 0 radical (unpaired) electrons. The van der Waals surface area contributed by atoms with Gasteiger partial charge >= 0.3 is 0 Å². The molecule has 0 bridgehead atoms. The SMILES string of the molecule is CC(C)NCc1cc2c(cc1OC1C=CCCC1)OCO2. The van der Waals surface area contributed by atoms with Gasteiger partial charge in [0, 0.05) is 24.2 Å². The predicted molar refractivity (Wildman–Crippen MR) is 81.9 cm³/mol. The first kappa shape index (κ1) is 14.3. The molecule has 1 heterocycles. The summed E-state index contributed by atoms with van der Waals surface area (Å²) in [5.74, 6) is 2.48. The predicted octanol–water partition coefficient (Wildman–Crippen LogP) is 3.40. The molecule has 2 aliphatic rings. The summed E-state index contributed by atoms with van der Waals surface area (Å²) in [6.07, 6.45) is 7.94. The number of hydrogen-bond acceptors (Lipinski definition) is 4. The monoisotopic (exact) mass is 289 g/mol. The van der Waals surface area contributed by atoms with E-state index in [4.69, 9.17) is 14.2 Å². The van der Waals surface area contributed by atoms with E-state index in [-0.39, 0.29) is 6.10 Å². The molecule has 0 amide bonds. The van der Waals surface area contributed by atoms with Crippen molar-refractivity contribution in [1.82, 2.24) is 5.32 Å². The van der Waals surface area contributed by atoms with E-state index in [1.807, 2.05) is 12.1 Å². The van der Waals surface area contributed by atoms with Crippen molar-refractivity contribution in [3.8, 4) is 17.2 Å². The molecule has 4 nitrogen and oxygen atoms in total. The molecule has 1 aromatic rings. The zero-order valence-electron chi connectivity index (χ0n) is 12.7. The number of fused-ring (bicyclic) bond motifs is 1. The first-order chi connectivity index (χ1) is 10.2. The minimum Gasteiger partial charge on any atom is -0.486 e. The summed E-state index contributed by atoms with van der Waals surface area (Å²) in [6.45, 7) is 5.33. The fourth-order valence-corrected chi connectivity index (χ4v) is 2.57. The Kier molecular flexibility index (Phi) is 4.34. The van der Waals surface area contributed by atoms with Crippen LogP contribution in [0.4, 0.5) is 0 Å². The van der Waals surface area contributed by atoms with Gasteiger partial charge in [0.1, 0.15) is 11.9 Å². The van der Waals surface area contributed by atoms with Crippen LogP contribution in [-0.2, 0) is 6.54 Å². The highest BCUT2D eigenvalue weighted by molar-refractivity contribution is 5.52. The second kappa shape index (κ2) is 6.39. The summed E-state index contributed by atoms with van der Waals surface area (Å²) in [6, 6.07) is 4.42. The van der Waals surface area contributed by atoms with Crippen molar-refractivity contribution in [2.24, 2.45) is 0 Å². The number of benzene rings is 1. The molecule has 1 atom stereocenters. The van der Waals surface area contributed by atoms with Gasteiger partial charge in [0.05, 0.1) is 0 Å². The van der Waals surface area contributed by atoms with Crippen molar-refractivity contribution < 1.29 is 14.2 Å². The Hall–Kier alpha value is -1.68. The van der Waals surface area contributed by atoms with Gasteiger partial charge in [-0.15, -0.1) is 0 Å². The molecule has 1 aromatic carbocycles. The van der Waals surface area contributed by atoms with Gasteiger partial charge < -0.3 is 19.5 Å². The molecule has 1 aliphatic heterocycles. The van der Waals surface area contributed by atoms with Crippen LogP contribution in [0.25, 0.3) is 0 Å². The van der Waals surface area contributed by atoms with Crippen molar-refractivity contribution in [3.05, 3.63) is 29.8 Å². The normalized spacial score (nSPS) is 20.0. The lowest BCUT2D eigenvalue weighted by molar-refractivity contribution is 0.173. The first-order valence-corrected chi connectivity index (χ1v) is 7.71. The Morgan fingerprint density at radius 2 is 2.10 bits per heavy atom. The minimum atomic E-state index is 0.164. The molecule has 3 rings (SSSR count). The largest absolute Gasteiger partial charge is 0.486 e. The number of nitrogens with one attached hydrogen (secondary N) is 1. The molecule has 1 unspecified atom stereocenters. The van der Waals surface area contributed by atoms with Crippen LogP contribution >= 0.6 is 0 Å². The van der Waals surface area contributed by atoms with Crippen LogP contribution < -0.4 is 19.5 Å². The molecule has 114 valence electrons. The lowest BCUT2D eigenvalue weighted by Gasteiger charge is -2.21. The second-order valence-corrected chi connectivity index (χ2v) is 5.86. The van der Waals surface area contributed by atoms with E-state index in [2.05, 4.69) is 31.3 Å². The van der Waals surface area contributed by atoms with Crippen LogP contribution in [0.2, 0.25) is 0 Å². The summed E-state index contributed by atoms with van der Waals surface area (Å²) in [4.78, 5) is 0. The second-order valence-electron chi connectivity index (χ2n) is 5.86. The van der Waals surface area contributed by atoms with Gasteiger partial charge in [-0.1, -0.05) is 19.9 Å². The number of hydrogen-bond donors (Lipinski definition) is 1. The van der Waals surface area contributed by atoms with Crippen molar-refractivity contribution >= 4 is 0 Å². The average molecular weight is 289 g/mol. The van der Waals surface area contributed by atoms with Gasteiger partial charge in [0.25, 0.3) is 0 Å². The van der Waals surface area contributed by atoms with Crippen LogP contribution in [0.1, 0.15) is 38.7 Å². The maximum atomic E-state index is 6.18. The Labute approximate surface area is 126 Å². The maximum absolute atomic E-state index is 6.18. The molecule has 0 spiro atoms. The fraction of sp³-hybridized carbons (Fsp3) is 0.529. The highest BCUT2D eigenvalue weighted by Gasteiger charge is 2.20. The van der Waals surface area contributed by atoms with Crippen molar-refractivity contribution in [3.63, 3.8) is 0 Å². The van der Waals surface area contributed by atoms with Crippen LogP contribution in [0.15, 0.2) is 24.3 Å². The summed E-state index contributed by atoms with van der Waals surface area (Å²) >= 11 is 0. The van der Waals surface area contributed by atoms with E-state index in [9.17, 15) is 0 Å². The highest BCUT2D eigenvalue weighted by atomic mass is 16.7. The summed E-state index contributed by atoms with van der Waals surface area (Å²) < 4.78 is 17.1. The van der Waals surface area contributed by atoms with E-state index < -0.39 is 0 Å². The number of ether oxygens (including phenoxy) is 3. The quantitative estimate of drug-likeness (QED) is 0.843. The lowest BCUT2D eigenvalue weighted by atomic mass is 10.0. The van der Waals surface area contributed by atoms with E-state index in [0.717, 1.165) is 42.2 Å². The van der Waals surface area contributed by atoms with Gasteiger partial charge in [-0.2, -0.15) is 0 Å². The van der Waals surface area contributed by atoms with E-state index in [0.29, 0.717) is 12.8 Å². The molecule has 0 fully saturated rings. The van der Waals surface area contributed by atoms with Crippen LogP contribution in [0, 0.1) is 0 Å². The van der Waals surface area contributed by atoms with Gasteiger partial charge in [0.15, 0.2) is 11.5 Å². The Bertz CT molecular complexity index is 525. The van der Waals surface area contributed by atoms with E-state index in [1.54, 1.807) is 0 Å². The summed E-state index contributed by atoms with van der Waals surface area (Å²) in [5.41, 5.74) is 1.12. The van der Waals surface area contributed by atoms with Crippen LogP contribution in [0.5, 0.6) is 17.2 Å². The molecular formula is C17H23NO3. The third kappa shape index (κ3) is 3.50. The van der Waals surface area contributed by atoms with Crippen molar-refractivity contribution in [2.75, 3.05) is 6.79 Å². The fourth-order valence-electron chi connectivity index (χ4n) is 2.57. The number of allylic oxidation sites excluding steroid dienone is 1. The molecule has 0 saturated heterocycles. The lowest BCUT2D eigenvalue weighted by Crippen LogP contribution is -2.23. The molecule has 1 N–H and O–H groups in total. The molecule has 21 heavy (non-hydrogen) atoms. The standard InChI is InChI=1S/C17H23NO3/c1-12(2)18-10-13-8-16-17(20-11-19-16)9-15(13)21-14-6-4-3-5-7-14/h4,6,8-9,12,14,18H,3,5,7,10-11H2,1-2H3. The van der Waals surface area contributed by atoms with Crippen LogP contribution in [0.3, 0.4) is 0 Å². The van der Waals surface area contributed by atoms with E-state index in [1.165, 1.54) is 6.42 Å². The third-order valence-corrected chi connectivity index (χ3v) is 3.74. The Balaban J connectivity index is 1.81. The third-order valence-electron chi connectivity index (χ3n) is 3.74. The molecule has 1 aliphatic carbocycles. The topological polar surface area (TPSA) is 39.7 Å². The average Bonchev–Trinajstić information content (AvgIpc) is 2.93.